The van der Waals surface area contributed by atoms with Gasteiger partial charge in [0.15, 0.2) is 0 Å². The summed E-state index contributed by atoms with van der Waals surface area (Å²) in [6, 6.07) is 6.09. The molecular formula is C16H27ClN2O2. The van der Waals surface area contributed by atoms with E-state index in [-0.39, 0.29) is 6.04 Å². The third-order valence-corrected chi connectivity index (χ3v) is 4.23. The average Bonchev–Trinajstić information content (AvgIpc) is 2.51. The van der Waals surface area contributed by atoms with Crippen LogP contribution >= 0.6 is 11.6 Å². The predicted octanol–water partition coefficient (Wildman–Crippen LogP) is 3.10. The molecule has 120 valence electrons. The first-order valence-corrected chi connectivity index (χ1v) is 7.75. The quantitative estimate of drug-likeness (QED) is 0.761. The molecule has 0 bridgehead atoms. The lowest BCUT2D eigenvalue weighted by molar-refractivity contribution is 0.0892. The summed E-state index contributed by atoms with van der Waals surface area (Å²) in [6.45, 7) is 6.31. The summed E-state index contributed by atoms with van der Waals surface area (Å²) in [5.41, 5.74) is 7.02. The highest BCUT2D eigenvalue weighted by molar-refractivity contribution is 6.31. The lowest BCUT2D eigenvalue weighted by Crippen LogP contribution is -2.42. The monoisotopic (exact) mass is 314 g/mol. The van der Waals surface area contributed by atoms with Gasteiger partial charge in [-0.25, -0.2) is 0 Å². The Kier molecular flexibility index (Phi) is 8.04. The van der Waals surface area contributed by atoms with Crippen LogP contribution < -0.4 is 10.5 Å². The zero-order valence-electron chi connectivity index (χ0n) is 13.4. The Morgan fingerprint density at radius 1 is 1.33 bits per heavy atom. The summed E-state index contributed by atoms with van der Waals surface area (Å²) in [4.78, 5) is 2.34. The number of methoxy groups -OCH3 is 2. The van der Waals surface area contributed by atoms with Gasteiger partial charge in [0.2, 0.25) is 0 Å². The molecule has 21 heavy (non-hydrogen) atoms. The van der Waals surface area contributed by atoms with Crippen LogP contribution in [0.25, 0.3) is 0 Å². The van der Waals surface area contributed by atoms with Gasteiger partial charge in [0, 0.05) is 36.8 Å². The maximum absolute atomic E-state index is 6.41. The number of nitrogens with zero attached hydrogens (tertiary/aromatic N) is 1. The lowest BCUT2D eigenvalue weighted by Gasteiger charge is -2.36. The van der Waals surface area contributed by atoms with E-state index in [4.69, 9.17) is 26.8 Å². The van der Waals surface area contributed by atoms with Gasteiger partial charge in [-0.3, -0.25) is 4.90 Å². The van der Waals surface area contributed by atoms with Crippen molar-refractivity contribution in [2.24, 2.45) is 5.73 Å². The highest BCUT2D eigenvalue weighted by Gasteiger charge is 2.27. The van der Waals surface area contributed by atoms with E-state index in [1.54, 1.807) is 14.2 Å². The fourth-order valence-electron chi connectivity index (χ4n) is 2.55. The van der Waals surface area contributed by atoms with Crippen molar-refractivity contribution in [2.45, 2.75) is 32.4 Å². The zero-order valence-corrected chi connectivity index (χ0v) is 14.2. The molecule has 2 atom stereocenters. The van der Waals surface area contributed by atoms with Crippen molar-refractivity contribution in [3.8, 4) is 5.75 Å². The Morgan fingerprint density at radius 3 is 2.57 bits per heavy atom. The summed E-state index contributed by atoms with van der Waals surface area (Å²) in [5.74, 6) is 0.781. The van der Waals surface area contributed by atoms with Crippen LogP contribution in [0.1, 0.15) is 31.9 Å². The van der Waals surface area contributed by atoms with E-state index in [0.29, 0.717) is 24.2 Å². The summed E-state index contributed by atoms with van der Waals surface area (Å²) in [6.07, 6.45) is 1.03. The molecule has 1 aromatic carbocycles. The van der Waals surface area contributed by atoms with E-state index in [1.807, 2.05) is 18.2 Å². The van der Waals surface area contributed by atoms with E-state index in [0.717, 1.165) is 24.3 Å². The summed E-state index contributed by atoms with van der Waals surface area (Å²) in [7, 11) is 3.37. The molecule has 1 rings (SSSR count). The van der Waals surface area contributed by atoms with Crippen LogP contribution in [-0.2, 0) is 4.74 Å². The van der Waals surface area contributed by atoms with Gasteiger partial charge in [-0.05, 0) is 25.5 Å². The number of hydrogen-bond donors (Lipinski definition) is 1. The van der Waals surface area contributed by atoms with Gasteiger partial charge in [0.1, 0.15) is 5.75 Å². The maximum atomic E-state index is 6.41. The fraction of sp³-hybridized carbons (Fsp3) is 0.625. The van der Waals surface area contributed by atoms with Gasteiger partial charge in [0.05, 0.1) is 19.8 Å². The lowest BCUT2D eigenvalue weighted by atomic mass is 10.0. The van der Waals surface area contributed by atoms with Crippen molar-refractivity contribution < 1.29 is 9.47 Å². The van der Waals surface area contributed by atoms with Gasteiger partial charge >= 0.3 is 0 Å². The van der Waals surface area contributed by atoms with Crippen LogP contribution in [0.5, 0.6) is 5.75 Å². The van der Waals surface area contributed by atoms with Crippen molar-refractivity contribution in [3.63, 3.8) is 0 Å². The molecule has 0 radical (unpaired) electrons. The van der Waals surface area contributed by atoms with Crippen LogP contribution in [-0.4, -0.2) is 44.9 Å². The topological polar surface area (TPSA) is 47.7 Å². The van der Waals surface area contributed by atoms with Gasteiger partial charge in [-0.2, -0.15) is 0 Å². The third-order valence-electron chi connectivity index (χ3n) is 3.90. The number of halogens is 1. The molecule has 5 heteroatoms. The molecule has 0 spiro atoms. The molecule has 0 aliphatic heterocycles. The SMILES string of the molecule is CCC(C)N(CCOC)C(CN)c1c(Cl)cccc1OC. The summed E-state index contributed by atoms with van der Waals surface area (Å²) in [5, 5.41) is 0.690. The Morgan fingerprint density at radius 2 is 2.05 bits per heavy atom. The molecule has 0 aliphatic rings. The fourth-order valence-corrected chi connectivity index (χ4v) is 2.84. The Bertz CT molecular complexity index is 429. The van der Waals surface area contributed by atoms with Gasteiger partial charge in [-0.15, -0.1) is 0 Å². The molecule has 0 saturated heterocycles. The minimum Gasteiger partial charge on any atom is -0.496 e. The molecule has 0 amide bonds. The van der Waals surface area contributed by atoms with Crippen LogP contribution in [0.4, 0.5) is 0 Å². The second-order valence-corrected chi connectivity index (χ2v) is 5.50. The van der Waals surface area contributed by atoms with Crippen LogP contribution in [0.3, 0.4) is 0 Å². The smallest absolute Gasteiger partial charge is 0.125 e. The molecule has 1 aromatic rings. The molecule has 0 aliphatic carbocycles. The first-order valence-electron chi connectivity index (χ1n) is 7.37. The Balaban J connectivity index is 3.18. The summed E-state index contributed by atoms with van der Waals surface area (Å²) < 4.78 is 10.7. The number of rotatable bonds is 9. The third kappa shape index (κ3) is 4.58. The number of benzene rings is 1. The average molecular weight is 315 g/mol. The van der Waals surface area contributed by atoms with Crippen molar-refractivity contribution in [1.29, 1.82) is 0 Å². The second-order valence-electron chi connectivity index (χ2n) is 5.10. The maximum Gasteiger partial charge on any atom is 0.125 e. The molecule has 0 aromatic heterocycles. The van der Waals surface area contributed by atoms with Gasteiger partial charge in [-0.1, -0.05) is 24.6 Å². The number of nitrogens with two attached hydrogens (primary N) is 1. The molecule has 0 fully saturated rings. The minimum absolute atomic E-state index is 0.0127. The van der Waals surface area contributed by atoms with E-state index >= 15 is 0 Å². The van der Waals surface area contributed by atoms with Crippen LogP contribution in [0.2, 0.25) is 5.02 Å². The van der Waals surface area contributed by atoms with Crippen molar-refractivity contribution >= 4 is 11.6 Å². The molecule has 2 N–H and O–H groups in total. The zero-order chi connectivity index (χ0) is 15.8. The van der Waals surface area contributed by atoms with E-state index < -0.39 is 0 Å². The van der Waals surface area contributed by atoms with E-state index in [1.165, 1.54) is 0 Å². The first-order chi connectivity index (χ1) is 10.1. The van der Waals surface area contributed by atoms with Crippen molar-refractivity contribution in [2.75, 3.05) is 33.9 Å². The molecular weight excluding hydrogens is 288 g/mol. The predicted molar refractivity (Wildman–Crippen MR) is 88.1 cm³/mol. The minimum atomic E-state index is 0.0127. The molecule has 4 nitrogen and oxygen atoms in total. The molecule has 0 heterocycles. The Labute approximate surface area is 133 Å². The van der Waals surface area contributed by atoms with Crippen molar-refractivity contribution in [3.05, 3.63) is 28.8 Å². The highest BCUT2D eigenvalue weighted by Crippen LogP contribution is 2.36. The molecule has 2 unspecified atom stereocenters. The molecule has 0 saturated carbocycles. The first kappa shape index (κ1) is 18.2. The van der Waals surface area contributed by atoms with E-state index in [2.05, 4.69) is 18.7 Å². The van der Waals surface area contributed by atoms with Crippen LogP contribution in [0, 0.1) is 0 Å². The number of ether oxygens (including phenoxy) is 2. The largest absolute Gasteiger partial charge is 0.496 e. The van der Waals surface area contributed by atoms with Gasteiger partial charge < -0.3 is 15.2 Å². The number of hydrogen-bond acceptors (Lipinski definition) is 4. The normalized spacial score (nSPS) is 14.2. The second kappa shape index (κ2) is 9.26. The van der Waals surface area contributed by atoms with Gasteiger partial charge in [0.25, 0.3) is 0 Å². The van der Waals surface area contributed by atoms with Crippen LogP contribution in [0.15, 0.2) is 18.2 Å². The Hall–Kier alpha value is -0.810. The highest BCUT2D eigenvalue weighted by atomic mass is 35.5. The van der Waals surface area contributed by atoms with E-state index in [9.17, 15) is 0 Å². The van der Waals surface area contributed by atoms with Crippen molar-refractivity contribution in [1.82, 2.24) is 4.90 Å². The standard InChI is InChI=1S/C16H27ClN2O2/c1-5-12(2)19(9-10-20-3)14(11-18)16-13(17)7-6-8-15(16)21-4/h6-8,12,14H,5,9-11,18H2,1-4H3. The summed E-state index contributed by atoms with van der Waals surface area (Å²) >= 11 is 6.41.